The molecule has 0 spiro atoms. The number of aromatic amines is 1. The summed E-state index contributed by atoms with van der Waals surface area (Å²) < 4.78 is 7.64. The van der Waals surface area contributed by atoms with E-state index in [0.717, 1.165) is 17.7 Å². The third-order valence-corrected chi connectivity index (χ3v) is 2.37. The quantitative estimate of drug-likeness (QED) is 0.783. The Morgan fingerprint density at radius 1 is 1.64 bits per heavy atom. The molecule has 4 nitrogen and oxygen atoms in total. The number of pyridine rings is 1. The van der Waals surface area contributed by atoms with Gasteiger partial charge in [-0.3, -0.25) is 4.57 Å². The molecule has 0 unspecified atom stereocenters. The summed E-state index contributed by atoms with van der Waals surface area (Å²) in [5, 5.41) is 0. The van der Waals surface area contributed by atoms with Gasteiger partial charge in [-0.1, -0.05) is 0 Å². The predicted molar refractivity (Wildman–Crippen MR) is 56.8 cm³/mol. The van der Waals surface area contributed by atoms with Gasteiger partial charge in [0.05, 0.1) is 18.7 Å². The van der Waals surface area contributed by atoms with Crippen LogP contribution in [0.4, 0.5) is 0 Å². The number of ether oxygens (including phenoxy) is 1. The normalized spacial score (nSPS) is 10.9. The zero-order chi connectivity index (χ0) is 9.97. The third-order valence-electron chi connectivity index (χ3n) is 2.05. The highest BCUT2D eigenvalue weighted by Gasteiger charge is 2.03. The van der Waals surface area contributed by atoms with Crippen molar-refractivity contribution < 1.29 is 4.74 Å². The molecule has 2 aromatic rings. The lowest BCUT2D eigenvalue weighted by atomic mass is 10.4. The fourth-order valence-corrected chi connectivity index (χ4v) is 1.67. The van der Waals surface area contributed by atoms with E-state index in [2.05, 4.69) is 9.97 Å². The number of methoxy groups -OCH3 is 1. The fourth-order valence-electron chi connectivity index (χ4n) is 1.38. The summed E-state index contributed by atoms with van der Waals surface area (Å²) in [6.07, 6.45) is 1.76. The summed E-state index contributed by atoms with van der Waals surface area (Å²) in [4.78, 5) is 7.36. The number of aromatic nitrogens is 3. The summed E-state index contributed by atoms with van der Waals surface area (Å²) in [6.45, 7) is 1.37. The molecule has 0 atom stereocenters. The molecule has 1 N–H and O–H groups in total. The van der Waals surface area contributed by atoms with Gasteiger partial charge in [-0.05, 0) is 24.4 Å². The molecule has 0 fully saturated rings. The van der Waals surface area contributed by atoms with Gasteiger partial charge in [0.15, 0.2) is 10.4 Å². The Balaban J connectivity index is 2.51. The van der Waals surface area contributed by atoms with Gasteiger partial charge in [0.25, 0.3) is 0 Å². The molecule has 5 heteroatoms. The van der Waals surface area contributed by atoms with Crippen LogP contribution in [0.5, 0.6) is 0 Å². The Morgan fingerprint density at radius 2 is 2.50 bits per heavy atom. The van der Waals surface area contributed by atoms with Crippen molar-refractivity contribution in [2.75, 3.05) is 13.7 Å². The molecule has 0 aliphatic rings. The number of imidazole rings is 1. The molecule has 2 rings (SSSR count). The van der Waals surface area contributed by atoms with E-state index in [0.29, 0.717) is 11.4 Å². The Hall–Kier alpha value is -1.20. The molecule has 0 amide bonds. The highest BCUT2D eigenvalue weighted by Crippen LogP contribution is 2.09. The first-order valence-electron chi connectivity index (χ1n) is 4.35. The van der Waals surface area contributed by atoms with E-state index in [1.807, 2.05) is 16.7 Å². The number of fused-ring (bicyclic) bond motifs is 1. The van der Waals surface area contributed by atoms with Crippen molar-refractivity contribution in [1.29, 1.82) is 0 Å². The minimum absolute atomic E-state index is 0.637. The van der Waals surface area contributed by atoms with Crippen LogP contribution < -0.4 is 0 Å². The smallest absolute Gasteiger partial charge is 0.179 e. The van der Waals surface area contributed by atoms with Crippen LogP contribution in [-0.2, 0) is 11.3 Å². The van der Waals surface area contributed by atoms with Crippen LogP contribution in [-0.4, -0.2) is 28.3 Å². The minimum Gasteiger partial charge on any atom is -0.383 e. The summed E-state index contributed by atoms with van der Waals surface area (Å²) >= 11 is 5.18. The first-order valence-corrected chi connectivity index (χ1v) is 4.76. The van der Waals surface area contributed by atoms with E-state index < -0.39 is 0 Å². The van der Waals surface area contributed by atoms with E-state index in [-0.39, 0.29) is 0 Å². The van der Waals surface area contributed by atoms with E-state index in [1.54, 1.807) is 13.3 Å². The molecule has 0 aliphatic carbocycles. The van der Waals surface area contributed by atoms with E-state index >= 15 is 0 Å². The van der Waals surface area contributed by atoms with Gasteiger partial charge in [0.2, 0.25) is 0 Å². The first kappa shape index (κ1) is 9.36. The van der Waals surface area contributed by atoms with Gasteiger partial charge in [-0.2, -0.15) is 0 Å². The monoisotopic (exact) mass is 209 g/mol. The van der Waals surface area contributed by atoms with Crippen LogP contribution in [0, 0.1) is 4.77 Å². The lowest BCUT2D eigenvalue weighted by Crippen LogP contribution is -2.04. The topological polar surface area (TPSA) is 42.8 Å². The maximum atomic E-state index is 5.18. The molecule has 0 saturated heterocycles. The Labute approximate surface area is 86.5 Å². The van der Waals surface area contributed by atoms with Gasteiger partial charge in [-0.15, -0.1) is 0 Å². The van der Waals surface area contributed by atoms with E-state index in [1.165, 1.54) is 0 Å². The second kappa shape index (κ2) is 3.89. The average molecular weight is 209 g/mol. The molecule has 0 radical (unpaired) electrons. The predicted octanol–water partition coefficient (Wildman–Crippen LogP) is 1.74. The minimum atomic E-state index is 0.637. The van der Waals surface area contributed by atoms with Crippen molar-refractivity contribution >= 4 is 23.4 Å². The lowest BCUT2D eigenvalue weighted by molar-refractivity contribution is 0.188. The highest BCUT2D eigenvalue weighted by molar-refractivity contribution is 7.71. The molecule has 0 aliphatic heterocycles. The summed E-state index contributed by atoms with van der Waals surface area (Å²) in [6, 6.07) is 3.84. The van der Waals surface area contributed by atoms with Crippen LogP contribution >= 0.6 is 12.2 Å². The molecular formula is C9H11N3OS. The summed E-state index contributed by atoms with van der Waals surface area (Å²) in [5.41, 5.74) is 1.85. The van der Waals surface area contributed by atoms with Crippen molar-refractivity contribution in [3.8, 4) is 0 Å². The van der Waals surface area contributed by atoms with Crippen LogP contribution in [0.1, 0.15) is 0 Å². The van der Waals surface area contributed by atoms with Gasteiger partial charge in [0, 0.05) is 13.3 Å². The maximum absolute atomic E-state index is 5.18. The van der Waals surface area contributed by atoms with Gasteiger partial charge < -0.3 is 9.72 Å². The van der Waals surface area contributed by atoms with Crippen molar-refractivity contribution in [3.05, 3.63) is 23.1 Å². The molecule has 0 aromatic carbocycles. The fraction of sp³-hybridized carbons (Fsp3) is 0.333. The van der Waals surface area contributed by atoms with Crippen molar-refractivity contribution in [2.24, 2.45) is 0 Å². The number of nitrogens with one attached hydrogen (secondary N) is 1. The second-order valence-electron chi connectivity index (χ2n) is 2.95. The van der Waals surface area contributed by atoms with Crippen LogP contribution in [0.3, 0.4) is 0 Å². The van der Waals surface area contributed by atoms with E-state index in [9.17, 15) is 0 Å². The number of hydrogen-bond donors (Lipinski definition) is 1. The number of H-pyrrole nitrogens is 1. The number of rotatable bonds is 3. The lowest BCUT2D eigenvalue weighted by Gasteiger charge is -2.01. The van der Waals surface area contributed by atoms with Crippen LogP contribution in [0.25, 0.3) is 11.2 Å². The highest BCUT2D eigenvalue weighted by atomic mass is 32.1. The van der Waals surface area contributed by atoms with Crippen molar-refractivity contribution in [1.82, 2.24) is 14.5 Å². The van der Waals surface area contributed by atoms with Gasteiger partial charge in [-0.25, -0.2) is 4.98 Å². The molecule has 2 aromatic heterocycles. The summed E-state index contributed by atoms with van der Waals surface area (Å²) in [5.74, 6) is 0. The number of hydrogen-bond acceptors (Lipinski definition) is 3. The van der Waals surface area contributed by atoms with Gasteiger partial charge in [0.1, 0.15) is 0 Å². The van der Waals surface area contributed by atoms with Crippen LogP contribution in [0.15, 0.2) is 18.3 Å². The molecular weight excluding hydrogens is 198 g/mol. The van der Waals surface area contributed by atoms with Gasteiger partial charge >= 0.3 is 0 Å². The van der Waals surface area contributed by atoms with Crippen molar-refractivity contribution in [3.63, 3.8) is 0 Å². The first-order chi connectivity index (χ1) is 6.83. The SMILES string of the molecule is COCCn1c(=S)[nH]c2cccnc21. The molecule has 74 valence electrons. The average Bonchev–Trinajstić information content (AvgIpc) is 2.51. The largest absolute Gasteiger partial charge is 0.383 e. The zero-order valence-corrected chi connectivity index (χ0v) is 8.67. The Bertz CT molecular complexity index is 488. The van der Waals surface area contributed by atoms with E-state index in [4.69, 9.17) is 17.0 Å². The molecule has 14 heavy (non-hydrogen) atoms. The zero-order valence-electron chi connectivity index (χ0n) is 7.86. The van der Waals surface area contributed by atoms with Crippen molar-refractivity contribution in [2.45, 2.75) is 6.54 Å². The Morgan fingerprint density at radius 3 is 3.29 bits per heavy atom. The van der Waals surface area contributed by atoms with Crippen LogP contribution in [0.2, 0.25) is 0 Å². The molecule has 2 heterocycles. The second-order valence-corrected chi connectivity index (χ2v) is 3.34. The maximum Gasteiger partial charge on any atom is 0.179 e. The third kappa shape index (κ3) is 1.56. The molecule has 0 bridgehead atoms. The number of nitrogens with zero attached hydrogens (tertiary/aromatic N) is 2. The Kier molecular flexibility index (Phi) is 2.60. The summed E-state index contributed by atoms with van der Waals surface area (Å²) in [7, 11) is 1.67. The standard InChI is InChI=1S/C9H11N3OS/c1-13-6-5-12-8-7(11-9(12)14)3-2-4-10-8/h2-4H,5-6H2,1H3,(H,11,14). The molecule has 0 saturated carbocycles.